The standard InChI is InChI=1S/C22H24N2O5/c1-3-13-6-4-5-7-16(13)23-17(25)11-29-22(28)12(2)24-20(26)18-14-8-9-15(10-14)19(18)21(24)27/h4-9,12,14-15,18-19H,3,10-11H2,1-2H3,(H,23,25)/t12-,14-,15-,18-,19+/m0/s1. The van der Waals surface area contributed by atoms with Crippen molar-refractivity contribution in [1.82, 2.24) is 4.90 Å². The van der Waals surface area contributed by atoms with Crippen molar-refractivity contribution in [2.45, 2.75) is 32.7 Å². The number of ether oxygens (including phenoxy) is 1. The van der Waals surface area contributed by atoms with Gasteiger partial charge >= 0.3 is 5.97 Å². The average Bonchev–Trinajstić information content (AvgIpc) is 3.40. The Labute approximate surface area is 169 Å². The van der Waals surface area contributed by atoms with E-state index in [2.05, 4.69) is 5.32 Å². The third-order valence-corrected chi connectivity index (χ3v) is 6.25. The molecule has 1 aromatic carbocycles. The van der Waals surface area contributed by atoms with Gasteiger partial charge < -0.3 is 10.1 Å². The van der Waals surface area contributed by atoms with Crippen LogP contribution in [0.3, 0.4) is 0 Å². The van der Waals surface area contributed by atoms with E-state index in [1.54, 1.807) is 6.07 Å². The molecule has 0 unspecified atom stereocenters. The quantitative estimate of drug-likeness (QED) is 0.451. The molecule has 3 aliphatic rings. The summed E-state index contributed by atoms with van der Waals surface area (Å²) in [6.45, 7) is 2.98. The predicted molar refractivity (Wildman–Crippen MR) is 104 cm³/mol. The molecule has 1 aromatic rings. The van der Waals surface area contributed by atoms with Gasteiger partial charge in [-0.05, 0) is 43.2 Å². The third-order valence-electron chi connectivity index (χ3n) is 6.25. The van der Waals surface area contributed by atoms with E-state index in [1.165, 1.54) is 6.92 Å². The number of hydrogen-bond donors (Lipinski definition) is 1. The lowest BCUT2D eigenvalue weighted by molar-refractivity contribution is -0.159. The molecule has 29 heavy (non-hydrogen) atoms. The number of carbonyl (C=O) groups excluding carboxylic acids is 4. The number of esters is 1. The Morgan fingerprint density at radius 3 is 2.38 bits per heavy atom. The molecule has 1 saturated carbocycles. The van der Waals surface area contributed by atoms with Gasteiger partial charge in [0, 0.05) is 5.69 Å². The Balaban J connectivity index is 1.35. The van der Waals surface area contributed by atoms with Crippen molar-refractivity contribution in [3.05, 3.63) is 42.0 Å². The smallest absolute Gasteiger partial charge is 0.329 e. The molecule has 7 nitrogen and oxygen atoms in total. The van der Waals surface area contributed by atoms with E-state index in [4.69, 9.17) is 4.74 Å². The summed E-state index contributed by atoms with van der Waals surface area (Å²) in [5.74, 6) is -2.39. The molecule has 1 heterocycles. The number of nitrogens with zero attached hydrogens (tertiary/aromatic N) is 1. The van der Waals surface area contributed by atoms with E-state index in [0.29, 0.717) is 5.69 Å². The molecule has 1 saturated heterocycles. The van der Waals surface area contributed by atoms with Gasteiger partial charge in [0.25, 0.3) is 5.91 Å². The summed E-state index contributed by atoms with van der Waals surface area (Å²) < 4.78 is 5.10. The summed E-state index contributed by atoms with van der Waals surface area (Å²) in [6.07, 6.45) is 5.59. The lowest BCUT2D eigenvalue weighted by Crippen LogP contribution is -2.45. The molecule has 2 fully saturated rings. The molecule has 2 bridgehead atoms. The first-order valence-electron chi connectivity index (χ1n) is 10.0. The Morgan fingerprint density at radius 1 is 1.14 bits per heavy atom. The predicted octanol–water partition coefficient (Wildman–Crippen LogP) is 1.93. The van der Waals surface area contributed by atoms with Crippen molar-refractivity contribution < 1.29 is 23.9 Å². The van der Waals surface area contributed by atoms with Gasteiger partial charge in [-0.3, -0.25) is 19.3 Å². The number of allylic oxidation sites excluding steroid dienone is 2. The zero-order valence-electron chi connectivity index (χ0n) is 16.5. The Bertz CT molecular complexity index is 878. The van der Waals surface area contributed by atoms with Gasteiger partial charge in [-0.25, -0.2) is 4.79 Å². The molecule has 152 valence electrons. The summed E-state index contributed by atoms with van der Waals surface area (Å²) in [4.78, 5) is 51.2. The van der Waals surface area contributed by atoms with Crippen molar-refractivity contribution in [3.63, 3.8) is 0 Å². The number of nitrogens with one attached hydrogen (secondary N) is 1. The van der Waals surface area contributed by atoms with Crippen LogP contribution in [0.2, 0.25) is 0 Å². The number of benzene rings is 1. The molecular formula is C22H24N2O5. The number of anilines is 1. The molecule has 0 radical (unpaired) electrons. The number of amides is 3. The van der Waals surface area contributed by atoms with Gasteiger partial charge in [0.05, 0.1) is 11.8 Å². The highest BCUT2D eigenvalue weighted by atomic mass is 16.5. The highest BCUT2D eigenvalue weighted by Crippen LogP contribution is 2.52. The average molecular weight is 396 g/mol. The molecule has 3 amide bonds. The number of fused-ring (bicyclic) bond motifs is 5. The number of imide groups is 1. The molecule has 0 aromatic heterocycles. The number of aryl methyl sites for hydroxylation is 1. The minimum absolute atomic E-state index is 0.0825. The fraction of sp³-hybridized carbons (Fsp3) is 0.455. The Morgan fingerprint density at radius 2 is 1.76 bits per heavy atom. The van der Waals surface area contributed by atoms with Crippen molar-refractivity contribution in [2.24, 2.45) is 23.7 Å². The molecule has 0 spiro atoms. The zero-order valence-corrected chi connectivity index (χ0v) is 16.5. The molecule has 7 heteroatoms. The minimum atomic E-state index is -1.05. The van der Waals surface area contributed by atoms with E-state index in [1.807, 2.05) is 37.3 Å². The van der Waals surface area contributed by atoms with Crippen LogP contribution < -0.4 is 5.32 Å². The first-order chi connectivity index (χ1) is 13.9. The number of likely N-dealkylation sites (tertiary alicyclic amines) is 1. The molecular weight excluding hydrogens is 372 g/mol. The van der Waals surface area contributed by atoms with Crippen molar-refractivity contribution >= 4 is 29.4 Å². The minimum Gasteiger partial charge on any atom is -0.454 e. The first-order valence-corrected chi connectivity index (χ1v) is 10.0. The normalized spacial score (nSPS) is 27.9. The highest BCUT2D eigenvalue weighted by Gasteiger charge is 2.60. The van der Waals surface area contributed by atoms with Crippen LogP contribution in [-0.2, 0) is 30.3 Å². The maximum Gasteiger partial charge on any atom is 0.329 e. The first kappa shape index (κ1) is 19.4. The molecule has 2 aliphatic carbocycles. The van der Waals surface area contributed by atoms with Gasteiger partial charge in [-0.1, -0.05) is 37.3 Å². The third kappa shape index (κ3) is 3.24. The molecule has 4 rings (SSSR count). The maximum absolute atomic E-state index is 12.8. The van der Waals surface area contributed by atoms with Crippen molar-refractivity contribution in [2.75, 3.05) is 11.9 Å². The van der Waals surface area contributed by atoms with Gasteiger partial charge in [0.15, 0.2) is 6.61 Å². The number of para-hydroxylation sites is 1. The van der Waals surface area contributed by atoms with E-state index >= 15 is 0 Å². The zero-order chi connectivity index (χ0) is 20.7. The second kappa shape index (κ2) is 7.46. The number of carbonyl (C=O) groups is 4. The fourth-order valence-corrected chi connectivity index (χ4v) is 4.81. The van der Waals surface area contributed by atoms with Crippen LogP contribution in [0.25, 0.3) is 0 Å². The van der Waals surface area contributed by atoms with E-state index in [-0.39, 0.29) is 35.5 Å². The van der Waals surface area contributed by atoms with Crippen LogP contribution in [0.15, 0.2) is 36.4 Å². The maximum atomic E-state index is 12.8. The number of hydrogen-bond acceptors (Lipinski definition) is 5. The van der Waals surface area contributed by atoms with Crippen LogP contribution in [0.1, 0.15) is 25.8 Å². The Kier molecular flexibility index (Phi) is 4.98. The second-order valence-corrected chi connectivity index (χ2v) is 7.89. The van der Waals surface area contributed by atoms with E-state index in [0.717, 1.165) is 23.3 Å². The van der Waals surface area contributed by atoms with Crippen LogP contribution >= 0.6 is 0 Å². The monoisotopic (exact) mass is 396 g/mol. The molecule has 5 atom stereocenters. The van der Waals surface area contributed by atoms with Crippen molar-refractivity contribution in [3.8, 4) is 0 Å². The number of rotatable bonds is 6. The van der Waals surface area contributed by atoms with Crippen molar-refractivity contribution in [1.29, 1.82) is 0 Å². The van der Waals surface area contributed by atoms with Gasteiger partial charge in [-0.15, -0.1) is 0 Å². The second-order valence-electron chi connectivity index (χ2n) is 7.89. The van der Waals surface area contributed by atoms with Crippen LogP contribution in [-0.4, -0.2) is 41.2 Å². The highest BCUT2D eigenvalue weighted by molar-refractivity contribution is 6.09. The summed E-state index contributed by atoms with van der Waals surface area (Å²) in [7, 11) is 0. The SMILES string of the molecule is CCc1ccccc1NC(=O)COC(=O)[C@H](C)N1C(=O)[C@@H]2[C@H](C1=O)[C@H]1C=C[C@H]2C1. The fourth-order valence-electron chi connectivity index (χ4n) is 4.81. The van der Waals surface area contributed by atoms with Crippen LogP contribution in [0.5, 0.6) is 0 Å². The summed E-state index contributed by atoms with van der Waals surface area (Å²) >= 11 is 0. The largest absolute Gasteiger partial charge is 0.454 e. The summed E-state index contributed by atoms with van der Waals surface area (Å²) in [6, 6.07) is 6.34. The van der Waals surface area contributed by atoms with Gasteiger partial charge in [-0.2, -0.15) is 0 Å². The summed E-state index contributed by atoms with van der Waals surface area (Å²) in [5.41, 5.74) is 1.65. The van der Waals surface area contributed by atoms with Crippen LogP contribution in [0.4, 0.5) is 5.69 Å². The lowest BCUT2D eigenvalue weighted by Gasteiger charge is -2.23. The van der Waals surface area contributed by atoms with E-state index < -0.39 is 24.5 Å². The van der Waals surface area contributed by atoms with E-state index in [9.17, 15) is 19.2 Å². The van der Waals surface area contributed by atoms with Gasteiger partial charge in [0.1, 0.15) is 6.04 Å². The topological polar surface area (TPSA) is 92.8 Å². The lowest BCUT2D eigenvalue weighted by atomic mass is 9.85. The van der Waals surface area contributed by atoms with Crippen LogP contribution in [0, 0.1) is 23.7 Å². The summed E-state index contributed by atoms with van der Waals surface area (Å²) in [5, 5.41) is 2.72. The molecule has 1 aliphatic heterocycles. The van der Waals surface area contributed by atoms with Gasteiger partial charge in [0.2, 0.25) is 11.8 Å². The molecule has 1 N–H and O–H groups in total. The Hall–Kier alpha value is -2.96.